The van der Waals surface area contributed by atoms with Crippen LogP contribution in [-0.4, -0.2) is 35.2 Å². The average Bonchev–Trinajstić information content (AvgIpc) is 2.43. The summed E-state index contributed by atoms with van der Waals surface area (Å²) in [6.07, 6.45) is 0.612. The summed E-state index contributed by atoms with van der Waals surface area (Å²) in [5.41, 5.74) is -0.0149. The molecule has 6 nitrogen and oxygen atoms in total. The summed E-state index contributed by atoms with van der Waals surface area (Å²) < 4.78 is 4.97. The summed E-state index contributed by atoms with van der Waals surface area (Å²) in [5, 5.41) is 21.2. The number of phenolic OH excluding ortho intramolecular Hbond substituents is 1. The number of carbonyl (C=O) groups is 2. The molecule has 1 unspecified atom stereocenters. The molecule has 0 aliphatic carbocycles. The van der Waals surface area contributed by atoms with Crippen LogP contribution in [0, 0.1) is 5.92 Å². The predicted octanol–water partition coefficient (Wildman–Crippen LogP) is 1.63. The average molecular weight is 281 g/mol. The van der Waals surface area contributed by atoms with Crippen molar-refractivity contribution in [3.05, 3.63) is 23.8 Å². The number of carboxylic acids is 1. The van der Waals surface area contributed by atoms with E-state index in [1.54, 1.807) is 6.92 Å². The number of aromatic hydroxyl groups is 1. The van der Waals surface area contributed by atoms with Crippen LogP contribution in [-0.2, 0) is 4.79 Å². The van der Waals surface area contributed by atoms with Gasteiger partial charge in [-0.25, -0.2) is 4.79 Å². The number of hydrogen-bond donors (Lipinski definition) is 3. The van der Waals surface area contributed by atoms with Gasteiger partial charge in [-0.05, 0) is 24.1 Å². The SMILES string of the molecule is CCC(C)[C@H](NC(=O)c1cc(OC)ccc1O)C(=O)O. The molecule has 1 aromatic rings. The maximum Gasteiger partial charge on any atom is 0.326 e. The van der Waals surface area contributed by atoms with Crippen molar-refractivity contribution < 1.29 is 24.5 Å². The monoisotopic (exact) mass is 281 g/mol. The Morgan fingerprint density at radius 2 is 2.05 bits per heavy atom. The summed E-state index contributed by atoms with van der Waals surface area (Å²) in [6, 6.07) is 3.20. The van der Waals surface area contributed by atoms with Gasteiger partial charge < -0.3 is 20.3 Å². The van der Waals surface area contributed by atoms with Crippen LogP contribution in [0.15, 0.2) is 18.2 Å². The number of phenols is 1. The van der Waals surface area contributed by atoms with Gasteiger partial charge >= 0.3 is 5.97 Å². The van der Waals surface area contributed by atoms with Crippen LogP contribution in [0.1, 0.15) is 30.6 Å². The van der Waals surface area contributed by atoms with Crippen LogP contribution in [0.5, 0.6) is 11.5 Å². The lowest BCUT2D eigenvalue weighted by Crippen LogP contribution is -2.45. The summed E-state index contributed by atoms with van der Waals surface area (Å²) in [7, 11) is 1.44. The van der Waals surface area contributed by atoms with Gasteiger partial charge in [0.2, 0.25) is 0 Å². The first-order chi connectivity index (χ1) is 9.40. The number of benzene rings is 1. The highest BCUT2D eigenvalue weighted by molar-refractivity contribution is 5.99. The molecular weight excluding hydrogens is 262 g/mol. The molecule has 0 fully saturated rings. The van der Waals surface area contributed by atoms with E-state index in [0.29, 0.717) is 12.2 Å². The predicted molar refractivity (Wildman–Crippen MR) is 73.0 cm³/mol. The summed E-state index contributed by atoms with van der Waals surface area (Å²) in [4.78, 5) is 23.3. The van der Waals surface area contributed by atoms with Crippen LogP contribution >= 0.6 is 0 Å². The van der Waals surface area contributed by atoms with Crippen molar-refractivity contribution in [3.8, 4) is 11.5 Å². The van der Waals surface area contributed by atoms with Crippen molar-refractivity contribution in [2.45, 2.75) is 26.3 Å². The standard InChI is InChI=1S/C14H19NO5/c1-4-8(2)12(14(18)19)15-13(17)10-7-9(20-3)5-6-11(10)16/h5-8,12,16H,4H2,1-3H3,(H,15,17)(H,18,19)/t8?,12-/m0/s1. The number of amides is 1. The molecule has 0 bridgehead atoms. The Balaban J connectivity index is 2.97. The molecule has 110 valence electrons. The molecule has 0 heterocycles. The minimum atomic E-state index is -1.10. The number of hydrogen-bond acceptors (Lipinski definition) is 4. The molecule has 0 aliphatic heterocycles. The van der Waals surface area contributed by atoms with E-state index in [-0.39, 0.29) is 17.2 Å². The van der Waals surface area contributed by atoms with E-state index in [4.69, 9.17) is 9.84 Å². The van der Waals surface area contributed by atoms with E-state index in [1.165, 1.54) is 25.3 Å². The molecule has 1 aromatic carbocycles. The van der Waals surface area contributed by atoms with E-state index in [9.17, 15) is 14.7 Å². The molecule has 2 atom stereocenters. The fourth-order valence-corrected chi connectivity index (χ4v) is 1.73. The number of carboxylic acid groups (broad SMARTS) is 1. The zero-order chi connectivity index (χ0) is 15.3. The lowest BCUT2D eigenvalue weighted by Gasteiger charge is -2.20. The van der Waals surface area contributed by atoms with E-state index >= 15 is 0 Å². The molecule has 0 spiro atoms. The van der Waals surface area contributed by atoms with Gasteiger partial charge in [-0.15, -0.1) is 0 Å². The number of carbonyl (C=O) groups excluding carboxylic acids is 1. The molecule has 6 heteroatoms. The highest BCUT2D eigenvalue weighted by atomic mass is 16.5. The number of rotatable bonds is 6. The molecule has 0 radical (unpaired) electrons. The first-order valence-electron chi connectivity index (χ1n) is 6.31. The number of methoxy groups -OCH3 is 1. The third kappa shape index (κ3) is 3.63. The number of aliphatic carboxylic acids is 1. The Labute approximate surface area is 117 Å². The van der Waals surface area contributed by atoms with E-state index in [2.05, 4.69) is 5.32 Å². The minimum Gasteiger partial charge on any atom is -0.507 e. The van der Waals surface area contributed by atoms with Crippen molar-refractivity contribution in [2.75, 3.05) is 7.11 Å². The van der Waals surface area contributed by atoms with Gasteiger partial charge in [0.15, 0.2) is 0 Å². The van der Waals surface area contributed by atoms with Gasteiger partial charge in [-0.2, -0.15) is 0 Å². The smallest absolute Gasteiger partial charge is 0.326 e. The Hall–Kier alpha value is -2.24. The van der Waals surface area contributed by atoms with Crippen LogP contribution in [0.3, 0.4) is 0 Å². The maximum atomic E-state index is 12.1. The van der Waals surface area contributed by atoms with E-state index in [1.807, 2.05) is 6.92 Å². The molecule has 1 rings (SSSR count). The quantitative estimate of drug-likeness (QED) is 0.736. The second-order valence-electron chi connectivity index (χ2n) is 4.56. The zero-order valence-corrected chi connectivity index (χ0v) is 11.7. The molecule has 20 heavy (non-hydrogen) atoms. The second-order valence-corrected chi connectivity index (χ2v) is 4.56. The first kappa shape index (κ1) is 15.8. The second kappa shape index (κ2) is 6.79. The van der Waals surface area contributed by atoms with Crippen molar-refractivity contribution in [3.63, 3.8) is 0 Å². The van der Waals surface area contributed by atoms with Gasteiger partial charge in [-0.3, -0.25) is 4.79 Å². The first-order valence-corrected chi connectivity index (χ1v) is 6.31. The van der Waals surface area contributed by atoms with Crippen molar-refractivity contribution in [1.82, 2.24) is 5.32 Å². The summed E-state index contributed by atoms with van der Waals surface area (Å²) in [5.74, 6) is -1.78. The van der Waals surface area contributed by atoms with Gasteiger partial charge in [0.05, 0.1) is 12.7 Å². The third-order valence-electron chi connectivity index (χ3n) is 3.21. The van der Waals surface area contributed by atoms with Crippen LogP contribution in [0.4, 0.5) is 0 Å². The van der Waals surface area contributed by atoms with Gasteiger partial charge in [0.1, 0.15) is 17.5 Å². The summed E-state index contributed by atoms with van der Waals surface area (Å²) >= 11 is 0. The van der Waals surface area contributed by atoms with Crippen molar-refractivity contribution in [1.29, 1.82) is 0 Å². The Morgan fingerprint density at radius 1 is 1.40 bits per heavy atom. The molecule has 0 saturated heterocycles. The molecule has 1 amide bonds. The van der Waals surface area contributed by atoms with E-state index in [0.717, 1.165) is 0 Å². The Kier molecular flexibility index (Phi) is 5.37. The Bertz CT molecular complexity index is 500. The van der Waals surface area contributed by atoms with Crippen molar-refractivity contribution >= 4 is 11.9 Å². The lowest BCUT2D eigenvalue weighted by atomic mass is 9.99. The molecule has 0 aliphatic rings. The fourth-order valence-electron chi connectivity index (χ4n) is 1.73. The largest absolute Gasteiger partial charge is 0.507 e. The van der Waals surface area contributed by atoms with Crippen LogP contribution in [0.2, 0.25) is 0 Å². The molecular formula is C14H19NO5. The summed E-state index contributed by atoms with van der Waals surface area (Å²) in [6.45, 7) is 3.58. The maximum absolute atomic E-state index is 12.1. The van der Waals surface area contributed by atoms with Gasteiger partial charge in [-0.1, -0.05) is 20.3 Å². The van der Waals surface area contributed by atoms with Gasteiger partial charge in [0, 0.05) is 0 Å². The molecule has 3 N–H and O–H groups in total. The fraction of sp³-hybridized carbons (Fsp3) is 0.429. The van der Waals surface area contributed by atoms with Gasteiger partial charge in [0.25, 0.3) is 5.91 Å². The topological polar surface area (TPSA) is 95.9 Å². The number of nitrogens with one attached hydrogen (secondary N) is 1. The third-order valence-corrected chi connectivity index (χ3v) is 3.21. The highest BCUT2D eigenvalue weighted by Gasteiger charge is 2.26. The van der Waals surface area contributed by atoms with Crippen LogP contribution < -0.4 is 10.1 Å². The van der Waals surface area contributed by atoms with Crippen LogP contribution in [0.25, 0.3) is 0 Å². The lowest BCUT2D eigenvalue weighted by molar-refractivity contribution is -0.140. The number of ether oxygens (including phenoxy) is 1. The van der Waals surface area contributed by atoms with Crippen molar-refractivity contribution in [2.24, 2.45) is 5.92 Å². The Morgan fingerprint density at radius 3 is 2.55 bits per heavy atom. The highest BCUT2D eigenvalue weighted by Crippen LogP contribution is 2.23. The zero-order valence-electron chi connectivity index (χ0n) is 11.7. The van der Waals surface area contributed by atoms with E-state index < -0.39 is 17.9 Å². The normalized spacial score (nSPS) is 13.3. The molecule has 0 aromatic heterocycles. The minimum absolute atomic E-state index is 0.0149. The molecule has 0 saturated carbocycles.